The summed E-state index contributed by atoms with van der Waals surface area (Å²) in [6.45, 7) is 2.63. The molecule has 2 rings (SSSR count). The first-order valence-corrected chi connectivity index (χ1v) is 9.51. The van der Waals surface area contributed by atoms with Crippen molar-refractivity contribution in [1.29, 1.82) is 0 Å². The normalized spacial score (nSPS) is 13.9. The second kappa shape index (κ2) is 11.9. The third-order valence-electron chi connectivity index (χ3n) is 4.81. The highest BCUT2D eigenvalue weighted by molar-refractivity contribution is 5.96. The monoisotopic (exact) mass is 381 g/mol. The number of nitrogens with two attached hydrogens (primary N) is 1. The van der Waals surface area contributed by atoms with Gasteiger partial charge in [0.05, 0.1) is 0 Å². The first kappa shape index (κ1) is 22.5. The average molecular weight is 382 g/mol. The summed E-state index contributed by atoms with van der Waals surface area (Å²) < 4.78 is 0. The number of carbonyl (C=O) groups excluding carboxylic acids is 2. The fourth-order valence-electron chi connectivity index (χ4n) is 3.28. The van der Waals surface area contributed by atoms with Gasteiger partial charge in [-0.15, -0.1) is 12.4 Å². The fourth-order valence-corrected chi connectivity index (χ4v) is 3.28. The zero-order chi connectivity index (χ0) is 18.1. The number of halogens is 1. The largest absolute Gasteiger partial charge is 0.349 e. The maximum atomic E-state index is 12.3. The Hall–Kier alpha value is -1.59. The quantitative estimate of drug-likeness (QED) is 0.566. The number of benzene rings is 1. The van der Waals surface area contributed by atoms with Gasteiger partial charge in [0.2, 0.25) is 5.91 Å². The summed E-state index contributed by atoms with van der Waals surface area (Å²) in [7, 11) is 0. The van der Waals surface area contributed by atoms with Crippen molar-refractivity contribution < 1.29 is 9.59 Å². The standard InChI is InChI=1S/C20H31N3O2.ClH/c1-15-14-16(20(25)22-17-8-5-6-9-17)11-12-18(15)23-19(24)10-4-2-3-7-13-21;/h11-12,14,17H,2-10,13,21H2,1H3,(H,22,25)(H,23,24);1H. The first-order chi connectivity index (χ1) is 12.1. The van der Waals surface area contributed by atoms with Gasteiger partial charge < -0.3 is 16.4 Å². The van der Waals surface area contributed by atoms with E-state index in [0.29, 0.717) is 24.6 Å². The van der Waals surface area contributed by atoms with Crippen LogP contribution in [-0.4, -0.2) is 24.4 Å². The van der Waals surface area contributed by atoms with E-state index in [0.717, 1.165) is 49.8 Å². The average Bonchev–Trinajstić information content (AvgIpc) is 3.09. The molecule has 4 N–H and O–H groups in total. The summed E-state index contributed by atoms with van der Waals surface area (Å²) in [5, 5.41) is 6.04. The lowest BCUT2D eigenvalue weighted by Gasteiger charge is -2.14. The van der Waals surface area contributed by atoms with E-state index in [9.17, 15) is 9.59 Å². The van der Waals surface area contributed by atoms with E-state index < -0.39 is 0 Å². The Kier molecular flexibility index (Phi) is 10.3. The molecule has 0 unspecified atom stereocenters. The molecule has 0 heterocycles. The molecule has 1 aliphatic rings. The predicted molar refractivity (Wildman–Crippen MR) is 109 cm³/mol. The minimum Gasteiger partial charge on any atom is -0.349 e. The molecule has 26 heavy (non-hydrogen) atoms. The van der Waals surface area contributed by atoms with Crippen LogP contribution >= 0.6 is 12.4 Å². The highest BCUT2D eigenvalue weighted by Gasteiger charge is 2.18. The van der Waals surface area contributed by atoms with Crippen molar-refractivity contribution in [1.82, 2.24) is 5.32 Å². The van der Waals surface area contributed by atoms with Gasteiger partial charge in [-0.2, -0.15) is 0 Å². The molecule has 2 amide bonds. The van der Waals surface area contributed by atoms with E-state index in [2.05, 4.69) is 10.6 Å². The summed E-state index contributed by atoms with van der Waals surface area (Å²) in [6, 6.07) is 5.77. The van der Waals surface area contributed by atoms with Crippen LogP contribution in [0.3, 0.4) is 0 Å². The Labute approximate surface area is 162 Å². The van der Waals surface area contributed by atoms with Crippen LogP contribution in [0.15, 0.2) is 18.2 Å². The molecule has 0 atom stereocenters. The lowest BCUT2D eigenvalue weighted by Crippen LogP contribution is -2.32. The fraction of sp³-hybridized carbons (Fsp3) is 0.600. The molecule has 1 aromatic carbocycles. The third-order valence-corrected chi connectivity index (χ3v) is 4.81. The molecular weight excluding hydrogens is 350 g/mol. The molecule has 1 fully saturated rings. The molecule has 5 nitrogen and oxygen atoms in total. The minimum atomic E-state index is -0.0206. The van der Waals surface area contributed by atoms with Crippen molar-refractivity contribution in [2.24, 2.45) is 5.73 Å². The molecular formula is C20H32ClN3O2. The minimum absolute atomic E-state index is 0. The second-order valence-electron chi connectivity index (χ2n) is 6.99. The molecule has 0 radical (unpaired) electrons. The SMILES string of the molecule is Cc1cc(C(=O)NC2CCCC2)ccc1NC(=O)CCCCCCN.Cl. The molecule has 1 aromatic rings. The number of aryl methyl sites for hydroxylation is 1. The molecule has 0 aliphatic heterocycles. The van der Waals surface area contributed by atoms with Gasteiger partial charge in [0.1, 0.15) is 0 Å². The van der Waals surface area contributed by atoms with Crippen molar-refractivity contribution in [2.45, 2.75) is 70.8 Å². The molecule has 0 spiro atoms. The Morgan fingerprint density at radius 3 is 2.46 bits per heavy atom. The second-order valence-corrected chi connectivity index (χ2v) is 6.99. The van der Waals surface area contributed by atoms with E-state index >= 15 is 0 Å². The van der Waals surface area contributed by atoms with E-state index in [1.807, 2.05) is 19.1 Å². The number of anilines is 1. The molecule has 0 saturated heterocycles. The lowest BCUT2D eigenvalue weighted by molar-refractivity contribution is -0.116. The Morgan fingerprint density at radius 2 is 1.81 bits per heavy atom. The van der Waals surface area contributed by atoms with Gasteiger partial charge in [-0.3, -0.25) is 9.59 Å². The van der Waals surface area contributed by atoms with Gasteiger partial charge in [-0.25, -0.2) is 0 Å². The predicted octanol–water partition coefficient (Wildman–Crippen LogP) is 3.94. The molecule has 1 aliphatic carbocycles. The number of nitrogens with one attached hydrogen (secondary N) is 2. The first-order valence-electron chi connectivity index (χ1n) is 9.51. The van der Waals surface area contributed by atoms with Crippen LogP contribution in [0, 0.1) is 6.92 Å². The van der Waals surface area contributed by atoms with E-state index in [4.69, 9.17) is 5.73 Å². The summed E-state index contributed by atoms with van der Waals surface area (Å²) in [5.74, 6) is 0.00628. The van der Waals surface area contributed by atoms with E-state index in [1.54, 1.807) is 6.07 Å². The van der Waals surface area contributed by atoms with Crippen molar-refractivity contribution in [2.75, 3.05) is 11.9 Å². The van der Waals surface area contributed by atoms with E-state index in [1.165, 1.54) is 12.8 Å². The van der Waals surface area contributed by atoms with Crippen LogP contribution in [0.25, 0.3) is 0 Å². The van der Waals surface area contributed by atoms with Gasteiger partial charge >= 0.3 is 0 Å². The summed E-state index contributed by atoms with van der Waals surface area (Å²) in [4.78, 5) is 24.3. The number of carbonyl (C=O) groups is 2. The van der Waals surface area contributed by atoms with Gasteiger partial charge in [0.25, 0.3) is 5.91 Å². The molecule has 1 saturated carbocycles. The van der Waals surface area contributed by atoms with E-state index in [-0.39, 0.29) is 24.2 Å². The van der Waals surface area contributed by atoms with Crippen LogP contribution in [-0.2, 0) is 4.79 Å². The van der Waals surface area contributed by atoms with Crippen LogP contribution in [0.1, 0.15) is 73.7 Å². The van der Waals surface area contributed by atoms with Gasteiger partial charge in [0, 0.05) is 23.7 Å². The van der Waals surface area contributed by atoms with Crippen LogP contribution in [0.5, 0.6) is 0 Å². The Bertz CT molecular complexity index is 586. The maximum Gasteiger partial charge on any atom is 0.251 e. The highest BCUT2D eigenvalue weighted by atomic mass is 35.5. The van der Waals surface area contributed by atoms with Crippen LogP contribution < -0.4 is 16.4 Å². The smallest absolute Gasteiger partial charge is 0.251 e. The molecule has 6 heteroatoms. The maximum absolute atomic E-state index is 12.3. The highest BCUT2D eigenvalue weighted by Crippen LogP contribution is 2.20. The summed E-state index contributed by atoms with van der Waals surface area (Å²) in [5.41, 5.74) is 7.81. The third kappa shape index (κ3) is 7.34. The van der Waals surface area contributed by atoms with Crippen molar-refractivity contribution in [3.63, 3.8) is 0 Å². The topological polar surface area (TPSA) is 84.2 Å². The number of hydrogen-bond donors (Lipinski definition) is 3. The van der Waals surface area contributed by atoms with Gasteiger partial charge in [0.15, 0.2) is 0 Å². The van der Waals surface area contributed by atoms with Gasteiger partial charge in [-0.1, -0.05) is 25.7 Å². The molecule has 0 aromatic heterocycles. The van der Waals surface area contributed by atoms with Gasteiger partial charge in [-0.05, 0) is 62.9 Å². The zero-order valence-corrected chi connectivity index (χ0v) is 16.5. The number of rotatable bonds is 9. The van der Waals surface area contributed by atoms with Crippen LogP contribution in [0.2, 0.25) is 0 Å². The van der Waals surface area contributed by atoms with Crippen molar-refractivity contribution >= 4 is 29.9 Å². The number of hydrogen-bond acceptors (Lipinski definition) is 3. The molecule has 146 valence electrons. The van der Waals surface area contributed by atoms with Crippen LogP contribution in [0.4, 0.5) is 5.69 Å². The van der Waals surface area contributed by atoms with Crippen molar-refractivity contribution in [3.05, 3.63) is 29.3 Å². The Morgan fingerprint density at radius 1 is 1.12 bits per heavy atom. The number of unbranched alkanes of at least 4 members (excludes halogenated alkanes) is 3. The summed E-state index contributed by atoms with van der Waals surface area (Å²) in [6.07, 6.45) is 9.07. The zero-order valence-electron chi connectivity index (χ0n) is 15.7. The Balaban J connectivity index is 0.00000338. The lowest BCUT2D eigenvalue weighted by atomic mass is 10.1. The van der Waals surface area contributed by atoms with Crippen molar-refractivity contribution in [3.8, 4) is 0 Å². The number of amides is 2. The molecule has 0 bridgehead atoms. The summed E-state index contributed by atoms with van der Waals surface area (Å²) >= 11 is 0.